The summed E-state index contributed by atoms with van der Waals surface area (Å²) in [4.78, 5) is 0. The minimum atomic E-state index is 0.904. The van der Waals surface area contributed by atoms with E-state index in [4.69, 9.17) is 0 Å². The van der Waals surface area contributed by atoms with E-state index < -0.39 is 0 Å². The Morgan fingerprint density at radius 3 is 2.59 bits per heavy atom. The number of fused-ring (bicyclic) bond motifs is 1. The third kappa shape index (κ3) is 2.22. The molecule has 3 aromatic rings. The molecule has 0 atom stereocenters. The third-order valence-corrected chi connectivity index (χ3v) is 3.57. The van der Waals surface area contributed by atoms with Gasteiger partial charge in [-0.05, 0) is 46.4 Å². The highest BCUT2D eigenvalue weighted by atomic mass is 127. The van der Waals surface area contributed by atoms with Crippen molar-refractivity contribution in [2.75, 3.05) is 0 Å². The van der Waals surface area contributed by atoms with Crippen LogP contribution in [0.25, 0.3) is 10.9 Å². The van der Waals surface area contributed by atoms with Crippen LogP contribution < -0.4 is 0 Å². The number of halogens is 1. The molecule has 0 fully saturated rings. The fourth-order valence-corrected chi connectivity index (χ4v) is 2.34. The van der Waals surface area contributed by atoms with Crippen LogP contribution in [0.2, 0.25) is 0 Å². The maximum atomic E-state index is 3.28. The van der Waals surface area contributed by atoms with Gasteiger partial charge in [-0.25, -0.2) is 0 Å². The molecule has 0 aliphatic carbocycles. The summed E-state index contributed by atoms with van der Waals surface area (Å²) in [5, 5.41) is 1.18. The summed E-state index contributed by atoms with van der Waals surface area (Å²) >= 11 is 2.33. The van der Waals surface area contributed by atoms with Gasteiger partial charge in [-0.2, -0.15) is 0 Å². The molecule has 0 bridgehead atoms. The predicted molar refractivity (Wildman–Crippen MR) is 79.0 cm³/mol. The SMILES string of the molecule is Ic1ccc(Cn2c[c]c3ccccc32)cc1. The Bertz CT molecular complexity index is 637. The Hall–Kier alpha value is -1.29. The van der Waals surface area contributed by atoms with Crippen LogP contribution in [0.5, 0.6) is 0 Å². The lowest BCUT2D eigenvalue weighted by molar-refractivity contribution is 0.836. The summed E-state index contributed by atoms with van der Waals surface area (Å²) in [5.74, 6) is 0. The molecule has 0 aliphatic rings. The molecule has 2 heteroatoms. The van der Waals surface area contributed by atoms with E-state index in [1.165, 1.54) is 20.0 Å². The second kappa shape index (κ2) is 4.53. The highest BCUT2D eigenvalue weighted by Gasteiger charge is 2.01. The van der Waals surface area contributed by atoms with Gasteiger partial charge in [-0.1, -0.05) is 30.3 Å². The van der Waals surface area contributed by atoms with Crippen molar-refractivity contribution in [3.63, 3.8) is 0 Å². The number of para-hydroxylation sites is 1. The van der Waals surface area contributed by atoms with Gasteiger partial charge in [0.25, 0.3) is 0 Å². The molecule has 3 rings (SSSR count). The molecule has 1 aromatic heterocycles. The molecule has 0 saturated heterocycles. The summed E-state index contributed by atoms with van der Waals surface area (Å²) in [5.41, 5.74) is 2.56. The predicted octanol–water partition coefficient (Wildman–Crippen LogP) is 4.09. The Morgan fingerprint density at radius 1 is 1.00 bits per heavy atom. The summed E-state index contributed by atoms with van der Waals surface area (Å²) in [6, 6.07) is 20.3. The van der Waals surface area contributed by atoms with Gasteiger partial charge in [0.1, 0.15) is 0 Å². The van der Waals surface area contributed by atoms with Crippen molar-refractivity contribution in [2.45, 2.75) is 6.54 Å². The standard InChI is InChI=1S/C15H11IN/c16-14-7-5-12(6-8-14)11-17-10-9-13-3-1-2-4-15(13)17/h1-8,10H,11H2. The first-order valence-corrected chi connectivity index (χ1v) is 6.61. The van der Waals surface area contributed by atoms with E-state index in [-0.39, 0.29) is 0 Å². The van der Waals surface area contributed by atoms with Crippen LogP contribution in [0.3, 0.4) is 0 Å². The van der Waals surface area contributed by atoms with E-state index in [2.05, 4.69) is 75.7 Å². The lowest BCUT2D eigenvalue weighted by Gasteiger charge is -2.05. The Labute approximate surface area is 114 Å². The smallest absolute Gasteiger partial charge is 0.0489 e. The van der Waals surface area contributed by atoms with Gasteiger partial charge < -0.3 is 4.57 Å². The molecule has 1 radical (unpaired) electrons. The maximum Gasteiger partial charge on any atom is 0.0489 e. The highest BCUT2D eigenvalue weighted by Crippen LogP contribution is 2.16. The molecular formula is C15H11IN. The topological polar surface area (TPSA) is 4.93 Å². The van der Waals surface area contributed by atoms with Crippen molar-refractivity contribution in [1.29, 1.82) is 0 Å². The molecule has 0 saturated carbocycles. The van der Waals surface area contributed by atoms with Crippen molar-refractivity contribution in [2.24, 2.45) is 0 Å². The van der Waals surface area contributed by atoms with Gasteiger partial charge in [0, 0.05) is 33.3 Å². The van der Waals surface area contributed by atoms with Crippen LogP contribution in [0.4, 0.5) is 0 Å². The summed E-state index contributed by atoms with van der Waals surface area (Å²) in [7, 11) is 0. The number of nitrogens with zero attached hydrogens (tertiary/aromatic N) is 1. The van der Waals surface area contributed by atoms with E-state index in [1.54, 1.807) is 0 Å². The average molecular weight is 332 g/mol. The average Bonchev–Trinajstić information content (AvgIpc) is 2.76. The Balaban J connectivity index is 1.97. The highest BCUT2D eigenvalue weighted by molar-refractivity contribution is 14.1. The zero-order valence-corrected chi connectivity index (χ0v) is 11.4. The van der Waals surface area contributed by atoms with Gasteiger partial charge in [0.15, 0.2) is 0 Å². The molecule has 1 heterocycles. The molecule has 0 N–H and O–H groups in total. The quantitative estimate of drug-likeness (QED) is 0.623. The largest absolute Gasteiger partial charge is 0.342 e. The fraction of sp³-hybridized carbons (Fsp3) is 0.0667. The molecule has 0 aliphatic heterocycles. The molecule has 0 unspecified atom stereocenters. The van der Waals surface area contributed by atoms with E-state index in [0.29, 0.717) is 0 Å². The second-order valence-corrected chi connectivity index (χ2v) is 5.29. The van der Waals surface area contributed by atoms with Crippen LogP contribution in [-0.4, -0.2) is 4.57 Å². The van der Waals surface area contributed by atoms with Crippen molar-refractivity contribution in [3.05, 3.63) is 69.9 Å². The number of aromatic nitrogens is 1. The van der Waals surface area contributed by atoms with E-state index >= 15 is 0 Å². The summed E-state index contributed by atoms with van der Waals surface area (Å²) < 4.78 is 3.51. The first kappa shape index (κ1) is 10.8. The van der Waals surface area contributed by atoms with Crippen molar-refractivity contribution in [3.8, 4) is 0 Å². The van der Waals surface area contributed by atoms with E-state index in [1.807, 2.05) is 12.3 Å². The van der Waals surface area contributed by atoms with Crippen molar-refractivity contribution in [1.82, 2.24) is 4.57 Å². The zero-order valence-electron chi connectivity index (χ0n) is 9.23. The molecular weight excluding hydrogens is 321 g/mol. The molecule has 1 nitrogen and oxygen atoms in total. The summed E-state index contributed by atoms with van der Waals surface area (Å²) in [6.07, 6.45) is 2.03. The van der Waals surface area contributed by atoms with Gasteiger partial charge in [-0.3, -0.25) is 0 Å². The van der Waals surface area contributed by atoms with Gasteiger partial charge >= 0.3 is 0 Å². The Morgan fingerprint density at radius 2 is 1.76 bits per heavy atom. The van der Waals surface area contributed by atoms with Crippen molar-refractivity contribution >= 4 is 33.5 Å². The van der Waals surface area contributed by atoms with Gasteiger partial charge in [0.2, 0.25) is 0 Å². The lowest BCUT2D eigenvalue weighted by atomic mass is 10.2. The van der Waals surface area contributed by atoms with Crippen LogP contribution >= 0.6 is 22.6 Å². The number of hydrogen-bond donors (Lipinski definition) is 0. The minimum absolute atomic E-state index is 0.904. The monoisotopic (exact) mass is 332 g/mol. The van der Waals surface area contributed by atoms with Gasteiger partial charge in [-0.15, -0.1) is 0 Å². The molecule has 17 heavy (non-hydrogen) atoms. The van der Waals surface area contributed by atoms with Crippen LogP contribution in [-0.2, 0) is 6.54 Å². The zero-order chi connectivity index (χ0) is 11.7. The van der Waals surface area contributed by atoms with E-state index in [9.17, 15) is 0 Å². The first-order valence-electron chi connectivity index (χ1n) is 5.53. The van der Waals surface area contributed by atoms with Gasteiger partial charge in [0.05, 0.1) is 0 Å². The fourth-order valence-electron chi connectivity index (χ4n) is 1.98. The second-order valence-electron chi connectivity index (χ2n) is 4.04. The lowest BCUT2D eigenvalue weighted by Crippen LogP contribution is -1.97. The molecule has 0 amide bonds. The molecule has 0 spiro atoms. The molecule has 2 aromatic carbocycles. The van der Waals surface area contributed by atoms with E-state index in [0.717, 1.165) is 6.54 Å². The number of benzene rings is 2. The number of hydrogen-bond acceptors (Lipinski definition) is 0. The Kier molecular flexibility index (Phi) is 2.89. The maximum absolute atomic E-state index is 3.28. The normalized spacial score (nSPS) is 10.9. The third-order valence-electron chi connectivity index (χ3n) is 2.86. The van der Waals surface area contributed by atoms with Crippen molar-refractivity contribution < 1.29 is 0 Å². The van der Waals surface area contributed by atoms with Crippen LogP contribution in [0.1, 0.15) is 5.56 Å². The minimum Gasteiger partial charge on any atom is -0.342 e. The number of rotatable bonds is 2. The molecule has 83 valence electrons. The summed E-state index contributed by atoms with van der Waals surface area (Å²) in [6.45, 7) is 0.904. The first-order chi connectivity index (χ1) is 8.33. The van der Waals surface area contributed by atoms with Crippen LogP contribution in [0, 0.1) is 9.64 Å². The van der Waals surface area contributed by atoms with Crippen LogP contribution in [0.15, 0.2) is 54.7 Å².